The van der Waals surface area contributed by atoms with Crippen molar-refractivity contribution in [3.8, 4) is 0 Å². The van der Waals surface area contributed by atoms with Gasteiger partial charge in [0.25, 0.3) is 0 Å². The Bertz CT molecular complexity index is 367. The predicted octanol–water partition coefficient (Wildman–Crippen LogP) is 0.634. The number of aromatic nitrogens is 1. The number of carbonyl (C=O) groups is 2. The van der Waals surface area contributed by atoms with Crippen LogP contribution in [0.2, 0.25) is 0 Å². The molecular weight excluding hydrogens is 186 g/mol. The Morgan fingerprint density at radius 1 is 1.21 bits per heavy atom. The van der Waals surface area contributed by atoms with Gasteiger partial charge in [0.05, 0.1) is 5.69 Å². The third-order valence-corrected chi connectivity index (χ3v) is 1.44. The lowest BCUT2D eigenvalue weighted by Crippen LogP contribution is -2.10. The van der Waals surface area contributed by atoms with Gasteiger partial charge in [-0.3, -0.25) is 4.98 Å². The zero-order valence-corrected chi connectivity index (χ0v) is 7.04. The average Bonchev–Trinajstić information content (AvgIpc) is 2.15. The first-order valence-corrected chi connectivity index (χ1v) is 3.70. The maximum Gasteiger partial charge on any atom is 0.343 e. The van der Waals surface area contributed by atoms with Crippen molar-refractivity contribution >= 4 is 18.0 Å². The lowest BCUT2D eigenvalue weighted by atomic mass is 10.2. The summed E-state index contributed by atoms with van der Waals surface area (Å²) in [5.41, 5.74) is -0.406. The van der Waals surface area contributed by atoms with E-state index >= 15 is 0 Å². The first kappa shape index (κ1) is 9.91. The molecule has 0 amide bonds. The number of carboxylic acid groups (broad SMARTS) is 2. The topological polar surface area (TPSA) is 87.5 Å². The second kappa shape index (κ2) is 4.18. The summed E-state index contributed by atoms with van der Waals surface area (Å²) in [5.74, 6) is -2.97. The molecule has 5 heteroatoms. The van der Waals surface area contributed by atoms with Crippen LogP contribution in [0.15, 0.2) is 30.0 Å². The second-order valence-corrected chi connectivity index (χ2v) is 2.42. The number of nitrogens with zero attached hydrogens (tertiary/aromatic N) is 1. The summed E-state index contributed by atoms with van der Waals surface area (Å²) < 4.78 is 0. The van der Waals surface area contributed by atoms with Crippen molar-refractivity contribution < 1.29 is 19.8 Å². The number of pyridine rings is 1. The molecule has 1 rings (SSSR count). The molecule has 1 heterocycles. The van der Waals surface area contributed by atoms with Crippen LogP contribution in [0.4, 0.5) is 0 Å². The van der Waals surface area contributed by atoms with E-state index in [2.05, 4.69) is 4.98 Å². The fourth-order valence-electron chi connectivity index (χ4n) is 0.824. The number of carboxylic acids is 2. The predicted molar refractivity (Wildman–Crippen MR) is 47.5 cm³/mol. The Kier molecular flexibility index (Phi) is 2.96. The Balaban J connectivity index is 3.06. The van der Waals surface area contributed by atoms with Gasteiger partial charge < -0.3 is 10.2 Å². The molecule has 0 bridgehead atoms. The molecule has 5 nitrogen and oxygen atoms in total. The van der Waals surface area contributed by atoms with Crippen molar-refractivity contribution in [3.63, 3.8) is 0 Å². The fraction of sp³-hybridized carbons (Fsp3) is 0. The van der Waals surface area contributed by atoms with Gasteiger partial charge >= 0.3 is 11.9 Å². The summed E-state index contributed by atoms with van der Waals surface area (Å²) in [5, 5.41) is 17.1. The Labute approximate surface area is 79.3 Å². The highest BCUT2D eigenvalue weighted by Crippen LogP contribution is 2.03. The number of rotatable bonds is 3. The molecule has 0 unspecified atom stereocenters. The van der Waals surface area contributed by atoms with Gasteiger partial charge in [0.2, 0.25) is 0 Å². The van der Waals surface area contributed by atoms with Crippen LogP contribution in [0.1, 0.15) is 5.69 Å². The Morgan fingerprint density at radius 2 is 1.86 bits per heavy atom. The quantitative estimate of drug-likeness (QED) is 0.417. The van der Waals surface area contributed by atoms with Crippen molar-refractivity contribution in [3.05, 3.63) is 35.7 Å². The first-order chi connectivity index (χ1) is 6.61. The van der Waals surface area contributed by atoms with Gasteiger partial charge in [-0.05, 0) is 18.2 Å². The van der Waals surface area contributed by atoms with E-state index in [0.717, 1.165) is 6.08 Å². The van der Waals surface area contributed by atoms with Crippen LogP contribution < -0.4 is 0 Å². The molecule has 0 aromatic carbocycles. The monoisotopic (exact) mass is 193 g/mol. The van der Waals surface area contributed by atoms with E-state index < -0.39 is 17.5 Å². The molecule has 72 valence electrons. The van der Waals surface area contributed by atoms with Crippen LogP contribution >= 0.6 is 0 Å². The summed E-state index contributed by atoms with van der Waals surface area (Å²) in [7, 11) is 0. The minimum Gasteiger partial charge on any atom is -0.477 e. The summed E-state index contributed by atoms with van der Waals surface area (Å²) in [6.45, 7) is 0. The summed E-state index contributed by atoms with van der Waals surface area (Å²) >= 11 is 0. The molecule has 0 fully saturated rings. The Hall–Kier alpha value is -2.17. The molecular formula is C9H7NO4. The van der Waals surface area contributed by atoms with E-state index in [9.17, 15) is 9.59 Å². The average molecular weight is 193 g/mol. The molecule has 0 radical (unpaired) electrons. The van der Waals surface area contributed by atoms with E-state index in [1.165, 1.54) is 12.3 Å². The van der Waals surface area contributed by atoms with Crippen molar-refractivity contribution in [1.29, 1.82) is 0 Å². The normalized spacial score (nSPS) is 9.14. The highest BCUT2D eigenvalue weighted by Gasteiger charge is 2.15. The van der Waals surface area contributed by atoms with E-state index in [4.69, 9.17) is 10.2 Å². The third-order valence-electron chi connectivity index (χ3n) is 1.44. The first-order valence-electron chi connectivity index (χ1n) is 3.70. The fourth-order valence-corrected chi connectivity index (χ4v) is 0.824. The zero-order chi connectivity index (χ0) is 10.6. The summed E-state index contributed by atoms with van der Waals surface area (Å²) in [6, 6.07) is 4.81. The van der Waals surface area contributed by atoms with Crippen LogP contribution in [0, 0.1) is 0 Å². The lowest BCUT2D eigenvalue weighted by Gasteiger charge is -1.95. The second-order valence-electron chi connectivity index (χ2n) is 2.42. The summed E-state index contributed by atoms with van der Waals surface area (Å²) in [4.78, 5) is 24.7. The summed E-state index contributed by atoms with van der Waals surface area (Å²) in [6.07, 6.45) is 2.46. The molecule has 0 spiro atoms. The van der Waals surface area contributed by atoms with Crippen LogP contribution in [0.3, 0.4) is 0 Å². The standard InChI is InChI=1S/C9H7NO4/c11-8(12)7(9(13)14)5-6-3-1-2-4-10-6/h1-5H,(H,11,12)(H,13,14). The maximum atomic E-state index is 10.5. The molecule has 0 saturated heterocycles. The van der Waals surface area contributed by atoms with Gasteiger partial charge in [-0.15, -0.1) is 0 Å². The Morgan fingerprint density at radius 3 is 2.29 bits per heavy atom. The molecule has 0 aliphatic heterocycles. The van der Waals surface area contributed by atoms with E-state index in [1.54, 1.807) is 12.1 Å². The van der Waals surface area contributed by atoms with Gasteiger partial charge in [0.15, 0.2) is 0 Å². The lowest BCUT2D eigenvalue weighted by molar-refractivity contribution is -0.140. The van der Waals surface area contributed by atoms with E-state index in [-0.39, 0.29) is 0 Å². The van der Waals surface area contributed by atoms with Crippen molar-refractivity contribution in [2.75, 3.05) is 0 Å². The van der Waals surface area contributed by atoms with Crippen molar-refractivity contribution in [2.24, 2.45) is 0 Å². The highest BCUT2D eigenvalue weighted by molar-refractivity contribution is 6.16. The molecule has 0 aliphatic rings. The van der Waals surface area contributed by atoms with Gasteiger partial charge in [0.1, 0.15) is 5.57 Å². The van der Waals surface area contributed by atoms with Crippen molar-refractivity contribution in [1.82, 2.24) is 4.98 Å². The van der Waals surface area contributed by atoms with Gasteiger partial charge in [-0.25, -0.2) is 9.59 Å². The smallest absolute Gasteiger partial charge is 0.343 e. The van der Waals surface area contributed by atoms with Gasteiger partial charge in [0, 0.05) is 6.20 Å². The van der Waals surface area contributed by atoms with E-state index in [1.807, 2.05) is 0 Å². The van der Waals surface area contributed by atoms with Crippen LogP contribution in [-0.2, 0) is 9.59 Å². The largest absolute Gasteiger partial charge is 0.477 e. The van der Waals surface area contributed by atoms with Gasteiger partial charge in [-0.2, -0.15) is 0 Å². The van der Waals surface area contributed by atoms with Crippen LogP contribution in [-0.4, -0.2) is 27.1 Å². The molecule has 0 aliphatic carbocycles. The van der Waals surface area contributed by atoms with Crippen molar-refractivity contribution in [2.45, 2.75) is 0 Å². The number of hydrogen-bond acceptors (Lipinski definition) is 3. The molecule has 14 heavy (non-hydrogen) atoms. The molecule has 1 aromatic heterocycles. The van der Waals surface area contributed by atoms with E-state index in [0.29, 0.717) is 5.69 Å². The molecule has 0 saturated carbocycles. The third kappa shape index (κ3) is 2.41. The number of aliphatic carboxylic acids is 2. The number of hydrogen-bond donors (Lipinski definition) is 2. The minimum absolute atomic E-state index is 0.298. The SMILES string of the molecule is O=C(O)C(=Cc1ccccn1)C(=O)O. The molecule has 2 N–H and O–H groups in total. The molecule has 1 aromatic rings. The highest BCUT2D eigenvalue weighted by atomic mass is 16.4. The molecule has 0 atom stereocenters. The zero-order valence-electron chi connectivity index (χ0n) is 7.04. The minimum atomic E-state index is -1.48. The maximum absolute atomic E-state index is 10.5. The van der Waals surface area contributed by atoms with Gasteiger partial charge in [-0.1, -0.05) is 6.07 Å². The van der Waals surface area contributed by atoms with Crippen LogP contribution in [0.25, 0.3) is 6.08 Å². The van der Waals surface area contributed by atoms with Crippen LogP contribution in [0.5, 0.6) is 0 Å².